The Hall–Kier alpha value is -2.43. The zero-order valence-corrected chi connectivity index (χ0v) is 9.12. The van der Waals surface area contributed by atoms with Crippen LogP contribution in [0.2, 0.25) is 0 Å². The molecule has 0 aliphatic heterocycles. The van der Waals surface area contributed by atoms with Gasteiger partial charge in [-0.25, -0.2) is 14.8 Å². The minimum atomic E-state index is -1.11. The third-order valence-corrected chi connectivity index (χ3v) is 2.09. The number of nitrogens with zero attached hydrogens (tertiary/aromatic N) is 2. The van der Waals surface area contributed by atoms with E-state index in [1.165, 1.54) is 6.20 Å². The van der Waals surface area contributed by atoms with Crippen molar-refractivity contribution in [3.05, 3.63) is 47.9 Å². The number of rotatable bonds is 3. The van der Waals surface area contributed by atoms with Crippen LogP contribution in [-0.4, -0.2) is 21.0 Å². The molecule has 5 nitrogen and oxygen atoms in total. The van der Waals surface area contributed by atoms with Crippen molar-refractivity contribution in [1.82, 2.24) is 9.97 Å². The van der Waals surface area contributed by atoms with Crippen LogP contribution in [0.3, 0.4) is 0 Å². The number of carbonyl (C=O) groups is 1. The van der Waals surface area contributed by atoms with E-state index in [1.807, 2.05) is 31.2 Å². The summed E-state index contributed by atoms with van der Waals surface area (Å²) in [7, 11) is 0. The first-order chi connectivity index (χ1) is 8.15. The highest BCUT2D eigenvalue weighted by Crippen LogP contribution is 2.18. The molecule has 0 bridgehead atoms. The summed E-state index contributed by atoms with van der Waals surface area (Å²) in [6, 6.07) is 7.44. The largest absolute Gasteiger partial charge is 0.476 e. The second-order valence-corrected chi connectivity index (χ2v) is 3.46. The van der Waals surface area contributed by atoms with Crippen LogP contribution in [0, 0.1) is 6.92 Å². The lowest BCUT2D eigenvalue weighted by Crippen LogP contribution is -2.01. The maximum atomic E-state index is 10.6. The molecule has 1 aromatic carbocycles. The van der Waals surface area contributed by atoms with Crippen LogP contribution in [0.4, 0.5) is 0 Å². The van der Waals surface area contributed by atoms with Crippen molar-refractivity contribution < 1.29 is 14.6 Å². The predicted molar refractivity (Wildman–Crippen MR) is 60.2 cm³/mol. The molecule has 0 unspecified atom stereocenters. The van der Waals surface area contributed by atoms with E-state index in [1.54, 1.807) is 0 Å². The molecule has 1 N–H and O–H groups in total. The van der Waals surface area contributed by atoms with Crippen LogP contribution in [0.1, 0.15) is 16.1 Å². The highest BCUT2D eigenvalue weighted by molar-refractivity contribution is 5.84. The second kappa shape index (κ2) is 4.61. The van der Waals surface area contributed by atoms with Gasteiger partial charge in [-0.15, -0.1) is 0 Å². The van der Waals surface area contributed by atoms with E-state index >= 15 is 0 Å². The predicted octanol–water partition coefficient (Wildman–Crippen LogP) is 2.28. The molecule has 0 aliphatic rings. The summed E-state index contributed by atoms with van der Waals surface area (Å²) in [6.45, 7) is 1.98. The third-order valence-electron chi connectivity index (χ3n) is 2.09. The first-order valence-electron chi connectivity index (χ1n) is 4.95. The van der Waals surface area contributed by atoms with Gasteiger partial charge >= 0.3 is 5.97 Å². The standard InChI is InChI=1S/C12H10N2O3/c1-8-2-4-9(5-3-8)17-11-7-13-10(6-14-11)12(15)16/h2-7H,1H3,(H,15,16). The Morgan fingerprint density at radius 2 is 1.88 bits per heavy atom. The van der Waals surface area contributed by atoms with E-state index in [0.717, 1.165) is 11.8 Å². The summed E-state index contributed by atoms with van der Waals surface area (Å²) >= 11 is 0. The van der Waals surface area contributed by atoms with Crippen LogP contribution in [0.15, 0.2) is 36.7 Å². The molecule has 17 heavy (non-hydrogen) atoms. The molecule has 2 rings (SSSR count). The third kappa shape index (κ3) is 2.78. The lowest BCUT2D eigenvalue weighted by atomic mass is 10.2. The summed E-state index contributed by atoms with van der Waals surface area (Å²) in [5.74, 6) is -0.216. The molecule has 0 spiro atoms. The Balaban J connectivity index is 2.13. The van der Waals surface area contributed by atoms with Gasteiger partial charge in [0.05, 0.1) is 12.4 Å². The smallest absolute Gasteiger partial charge is 0.356 e. The van der Waals surface area contributed by atoms with Crippen molar-refractivity contribution >= 4 is 5.97 Å². The molecule has 1 heterocycles. The number of hydrogen-bond acceptors (Lipinski definition) is 4. The number of carboxylic acids is 1. The minimum Gasteiger partial charge on any atom is -0.476 e. The van der Waals surface area contributed by atoms with E-state index in [2.05, 4.69) is 9.97 Å². The fraction of sp³-hybridized carbons (Fsp3) is 0.0833. The van der Waals surface area contributed by atoms with Crippen LogP contribution in [0.5, 0.6) is 11.6 Å². The number of benzene rings is 1. The van der Waals surface area contributed by atoms with Gasteiger partial charge in [0.15, 0.2) is 5.69 Å². The van der Waals surface area contributed by atoms with Gasteiger partial charge in [-0.2, -0.15) is 0 Å². The summed E-state index contributed by atoms with van der Waals surface area (Å²) in [4.78, 5) is 18.1. The van der Waals surface area contributed by atoms with Gasteiger partial charge in [0.1, 0.15) is 5.75 Å². The van der Waals surface area contributed by atoms with Crippen molar-refractivity contribution in [1.29, 1.82) is 0 Å². The average molecular weight is 230 g/mol. The number of aryl methyl sites for hydroxylation is 1. The number of hydrogen-bond donors (Lipinski definition) is 1. The Bertz CT molecular complexity index is 520. The average Bonchev–Trinajstić information content (AvgIpc) is 2.33. The quantitative estimate of drug-likeness (QED) is 0.875. The summed E-state index contributed by atoms with van der Waals surface area (Å²) in [5, 5.41) is 8.65. The maximum absolute atomic E-state index is 10.6. The monoisotopic (exact) mass is 230 g/mol. The fourth-order valence-corrected chi connectivity index (χ4v) is 1.21. The molecule has 5 heteroatoms. The normalized spacial score (nSPS) is 9.94. The number of aromatic nitrogens is 2. The van der Waals surface area contributed by atoms with E-state index in [-0.39, 0.29) is 11.6 Å². The van der Waals surface area contributed by atoms with E-state index < -0.39 is 5.97 Å². The number of ether oxygens (including phenoxy) is 1. The zero-order valence-electron chi connectivity index (χ0n) is 9.12. The van der Waals surface area contributed by atoms with Crippen LogP contribution in [-0.2, 0) is 0 Å². The second-order valence-electron chi connectivity index (χ2n) is 3.46. The van der Waals surface area contributed by atoms with E-state index in [9.17, 15) is 4.79 Å². The van der Waals surface area contributed by atoms with Crippen molar-refractivity contribution in [3.63, 3.8) is 0 Å². The van der Waals surface area contributed by atoms with Crippen molar-refractivity contribution in [3.8, 4) is 11.6 Å². The highest BCUT2D eigenvalue weighted by atomic mass is 16.5. The summed E-state index contributed by atoms with van der Waals surface area (Å²) in [5.41, 5.74) is 1.02. The van der Waals surface area contributed by atoms with Gasteiger partial charge in [0.2, 0.25) is 5.88 Å². The molecule has 2 aromatic rings. The van der Waals surface area contributed by atoms with Crippen molar-refractivity contribution in [2.75, 3.05) is 0 Å². The molecule has 0 fully saturated rings. The minimum absolute atomic E-state index is 0.110. The Kier molecular flexibility index (Phi) is 3.00. The molecule has 0 saturated carbocycles. The highest BCUT2D eigenvalue weighted by Gasteiger charge is 2.05. The number of aromatic carboxylic acids is 1. The van der Waals surface area contributed by atoms with Crippen LogP contribution < -0.4 is 4.74 Å². The molecule has 86 valence electrons. The molecule has 0 aliphatic carbocycles. The Labute approximate surface area is 97.7 Å². The fourth-order valence-electron chi connectivity index (χ4n) is 1.21. The van der Waals surface area contributed by atoms with Crippen molar-refractivity contribution in [2.45, 2.75) is 6.92 Å². The van der Waals surface area contributed by atoms with Crippen LogP contribution in [0.25, 0.3) is 0 Å². The van der Waals surface area contributed by atoms with Gasteiger partial charge in [0, 0.05) is 0 Å². The SMILES string of the molecule is Cc1ccc(Oc2cnc(C(=O)O)cn2)cc1. The maximum Gasteiger partial charge on any atom is 0.356 e. The summed E-state index contributed by atoms with van der Waals surface area (Å²) < 4.78 is 5.40. The topological polar surface area (TPSA) is 72.3 Å². The molecule has 0 amide bonds. The van der Waals surface area contributed by atoms with Gasteiger partial charge in [0.25, 0.3) is 0 Å². The van der Waals surface area contributed by atoms with Gasteiger partial charge in [-0.3, -0.25) is 0 Å². The van der Waals surface area contributed by atoms with Gasteiger partial charge in [-0.05, 0) is 19.1 Å². The van der Waals surface area contributed by atoms with Gasteiger partial charge < -0.3 is 9.84 Å². The molecule has 0 saturated heterocycles. The molecular formula is C12H10N2O3. The molecule has 0 atom stereocenters. The molecular weight excluding hydrogens is 220 g/mol. The Morgan fingerprint density at radius 1 is 1.18 bits per heavy atom. The lowest BCUT2D eigenvalue weighted by molar-refractivity contribution is 0.0690. The molecule has 1 aromatic heterocycles. The van der Waals surface area contributed by atoms with E-state index in [4.69, 9.17) is 9.84 Å². The van der Waals surface area contributed by atoms with Gasteiger partial charge in [-0.1, -0.05) is 17.7 Å². The molecule has 0 radical (unpaired) electrons. The summed E-state index contributed by atoms with van der Waals surface area (Å²) in [6.07, 6.45) is 2.44. The van der Waals surface area contributed by atoms with Crippen LogP contribution >= 0.6 is 0 Å². The zero-order chi connectivity index (χ0) is 12.3. The van der Waals surface area contributed by atoms with Crippen molar-refractivity contribution in [2.24, 2.45) is 0 Å². The Morgan fingerprint density at radius 3 is 2.41 bits per heavy atom. The number of carboxylic acid groups (broad SMARTS) is 1. The first kappa shape index (κ1) is 11.1. The van der Waals surface area contributed by atoms with E-state index in [0.29, 0.717) is 5.75 Å². The first-order valence-corrected chi connectivity index (χ1v) is 4.95. The lowest BCUT2D eigenvalue weighted by Gasteiger charge is -2.04.